The summed E-state index contributed by atoms with van der Waals surface area (Å²) in [5.41, 5.74) is -0.298. The Hall–Kier alpha value is -2.11. The van der Waals surface area contributed by atoms with E-state index >= 15 is 0 Å². The summed E-state index contributed by atoms with van der Waals surface area (Å²) in [6, 6.07) is 3.11. The van der Waals surface area contributed by atoms with Crippen LogP contribution in [0.25, 0.3) is 0 Å². The van der Waals surface area contributed by atoms with Gasteiger partial charge in [0, 0.05) is 19.3 Å². The van der Waals surface area contributed by atoms with Crippen molar-refractivity contribution < 1.29 is 14.3 Å². The first-order valence-corrected chi connectivity index (χ1v) is 6.77. The molecule has 2 rings (SSSR count). The summed E-state index contributed by atoms with van der Waals surface area (Å²) in [6.45, 7) is 2.96. The number of H-pyrrole nitrogens is 1. The van der Waals surface area contributed by atoms with Gasteiger partial charge in [0.2, 0.25) is 0 Å². The Morgan fingerprint density at radius 2 is 2.30 bits per heavy atom. The lowest BCUT2D eigenvalue weighted by Crippen LogP contribution is -2.44. The van der Waals surface area contributed by atoms with Crippen molar-refractivity contribution in [2.24, 2.45) is 5.92 Å². The quantitative estimate of drug-likeness (QED) is 0.829. The van der Waals surface area contributed by atoms with E-state index in [1.165, 1.54) is 12.3 Å². The second-order valence-corrected chi connectivity index (χ2v) is 4.76. The van der Waals surface area contributed by atoms with E-state index in [2.05, 4.69) is 4.98 Å². The van der Waals surface area contributed by atoms with Gasteiger partial charge in [-0.25, -0.2) is 0 Å². The number of likely N-dealkylation sites (tertiary alicyclic amines) is 1. The van der Waals surface area contributed by atoms with Gasteiger partial charge in [0.05, 0.1) is 12.5 Å². The third kappa shape index (κ3) is 3.07. The van der Waals surface area contributed by atoms with Crippen molar-refractivity contribution in [1.82, 2.24) is 9.88 Å². The summed E-state index contributed by atoms with van der Waals surface area (Å²) in [5, 5.41) is 0. The fourth-order valence-electron chi connectivity index (χ4n) is 2.37. The Bertz CT molecular complexity index is 552. The van der Waals surface area contributed by atoms with Gasteiger partial charge in [-0.3, -0.25) is 14.4 Å². The van der Waals surface area contributed by atoms with E-state index in [1.54, 1.807) is 17.9 Å². The molecule has 0 radical (unpaired) electrons. The summed E-state index contributed by atoms with van der Waals surface area (Å²) in [6.07, 6.45) is 2.93. The second-order valence-electron chi connectivity index (χ2n) is 4.76. The lowest BCUT2D eigenvalue weighted by molar-refractivity contribution is -0.149. The van der Waals surface area contributed by atoms with Crippen LogP contribution in [0.15, 0.2) is 23.1 Å². The lowest BCUT2D eigenvalue weighted by Gasteiger charge is -2.31. The fourth-order valence-corrected chi connectivity index (χ4v) is 2.37. The molecule has 1 aromatic heterocycles. The normalized spacial score (nSPS) is 18.6. The smallest absolute Gasteiger partial charge is 0.310 e. The van der Waals surface area contributed by atoms with Crippen LogP contribution in [0.3, 0.4) is 0 Å². The highest BCUT2D eigenvalue weighted by molar-refractivity contribution is 5.94. The van der Waals surface area contributed by atoms with Gasteiger partial charge in [0.15, 0.2) is 0 Å². The molecule has 0 bridgehead atoms. The molecule has 0 saturated carbocycles. The average molecular weight is 278 g/mol. The molecule has 1 unspecified atom stereocenters. The average Bonchev–Trinajstić information content (AvgIpc) is 2.47. The first kappa shape index (κ1) is 14.3. The van der Waals surface area contributed by atoms with Gasteiger partial charge < -0.3 is 14.6 Å². The molecular formula is C14H18N2O4. The maximum atomic E-state index is 12.3. The van der Waals surface area contributed by atoms with Crippen molar-refractivity contribution >= 4 is 11.9 Å². The van der Waals surface area contributed by atoms with Crippen LogP contribution in [0.2, 0.25) is 0 Å². The highest BCUT2D eigenvalue weighted by atomic mass is 16.5. The number of aromatic amines is 1. The molecule has 1 aliphatic heterocycles. The number of esters is 1. The molecule has 6 nitrogen and oxygen atoms in total. The van der Waals surface area contributed by atoms with Crippen LogP contribution in [-0.2, 0) is 9.53 Å². The van der Waals surface area contributed by atoms with E-state index in [0.29, 0.717) is 26.1 Å². The number of aromatic nitrogens is 1. The predicted molar refractivity (Wildman–Crippen MR) is 72.3 cm³/mol. The summed E-state index contributed by atoms with van der Waals surface area (Å²) in [5.74, 6) is -0.900. The number of piperidine rings is 1. The summed E-state index contributed by atoms with van der Waals surface area (Å²) in [4.78, 5) is 39.7. The number of amides is 1. The number of carbonyl (C=O) groups is 2. The zero-order valence-corrected chi connectivity index (χ0v) is 11.4. The molecule has 20 heavy (non-hydrogen) atoms. The van der Waals surface area contributed by atoms with Gasteiger partial charge in [-0.15, -0.1) is 0 Å². The Morgan fingerprint density at radius 1 is 1.50 bits per heavy atom. The standard InChI is InChI=1S/C14H18N2O4/c1-2-20-14(19)10-5-4-8-16(9-10)13(18)11-6-3-7-15-12(11)17/h3,6-7,10H,2,4-5,8-9H2,1H3,(H,15,17). The molecule has 0 spiro atoms. The minimum Gasteiger partial charge on any atom is -0.466 e. The third-order valence-electron chi connectivity index (χ3n) is 3.38. The first-order chi connectivity index (χ1) is 9.63. The lowest BCUT2D eigenvalue weighted by atomic mass is 9.97. The number of ether oxygens (including phenoxy) is 1. The van der Waals surface area contributed by atoms with Gasteiger partial charge >= 0.3 is 5.97 Å². The SMILES string of the molecule is CCOC(=O)C1CCCN(C(=O)c2ccc[nH]c2=O)C1. The molecule has 1 aromatic rings. The number of rotatable bonds is 3. The van der Waals surface area contributed by atoms with Crippen LogP contribution in [0.1, 0.15) is 30.1 Å². The molecule has 1 N–H and O–H groups in total. The molecule has 1 saturated heterocycles. The molecule has 2 heterocycles. The van der Waals surface area contributed by atoms with Crippen molar-refractivity contribution in [2.45, 2.75) is 19.8 Å². The zero-order chi connectivity index (χ0) is 14.5. The summed E-state index contributed by atoms with van der Waals surface area (Å²) >= 11 is 0. The molecule has 1 aliphatic rings. The Labute approximate surface area is 116 Å². The van der Waals surface area contributed by atoms with Crippen LogP contribution < -0.4 is 5.56 Å². The minimum absolute atomic E-state index is 0.108. The molecule has 0 aliphatic carbocycles. The molecule has 108 valence electrons. The van der Waals surface area contributed by atoms with Gasteiger partial charge in [-0.1, -0.05) is 0 Å². The maximum Gasteiger partial charge on any atom is 0.310 e. The van der Waals surface area contributed by atoms with Crippen LogP contribution in [0.4, 0.5) is 0 Å². The van der Waals surface area contributed by atoms with Gasteiger partial charge in [0.1, 0.15) is 5.56 Å². The van der Waals surface area contributed by atoms with E-state index in [-0.39, 0.29) is 23.4 Å². The van der Waals surface area contributed by atoms with Crippen molar-refractivity contribution in [2.75, 3.05) is 19.7 Å². The topological polar surface area (TPSA) is 79.5 Å². The highest BCUT2D eigenvalue weighted by Crippen LogP contribution is 2.19. The van der Waals surface area contributed by atoms with Gasteiger partial charge in [-0.2, -0.15) is 0 Å². The van der Waals surface area contributed by atoms with E-state index < -0.39 is 5.56 Å². The Kier molecular flexibility index (Phi) is 4.55. The highest BCUT2D eigenvalue weighted by Gasteiger charge is 2.30. The second kappa shape index (κ2) is 6.36. The number of hydrogen-bond donors (Lipinski definition) is 1. The largest absolute Gasteiger partial charge is 0.466 e. The van der Waals surface area contributed by atoms with Crippen LogP contribution in [0.5, 0.6) is 0 Å². The third-order valence-corrected chi connectivity index (χ3v) is 3.38. The molecule has 6 heteroatoms. The van der Waals surface area contributed by atoms with E-state index in [1.807, 2.05) is 0 Å². The number of nitrogens with one attached hydrogen (secondary N) is 1. The van der Waals surface area contributed by atoms with Crippen LogP contribution in [-0.4, -0.2) is 41.5 Å². The van der Waals surface area contributed by atoms with E-state index in [0.717, 1.165) is 6.42 Å². The molecule has 1 atom stereocenters. The maximum absolute atomic E-state index is 12.3. The van der Waals surface area contributed by atoms with E-state index in [4.69, 9.17) is 4.74 Å². The fraction of sp³-hybridized carbons (Fsp3) is 0.500. The number of pyridine rings is 1. The van der Waals surface area contributed by atoms with Crippen LogP contribution >= 0.6 is 0 Å². The molecule has 1 amide bonds. The van der Waals surface area contributed by atoms with E-state index in [9.17, 15) is 14.4 Å². The monoisotopic (exact) mass is 278 g/mol. The zero-order valence-electron chi connectivity index (χ0n) is 11.4. The minimum atomic E-state index is -0.407. The molecular weight excluding hydrogens is 260 g/mol. The van der Waals surface area contributed by atoms with Crippen molar-refractivity contribution in [1.29, 1.82) is 0 Å². The van der Waals surface area contributed by atoms with Gasteiger partial charge in [0.25, 0.3) is 11.5 Å². The predicted octanol–water partition coefficient (Wildman–Crippen LogP) is 0.790. The van der Waals surface area contributed by atoms with Crippen LogP contribution in [0, 0.1) is 5.92 Å². The first-order valence-electron chi connectivity index (χ1n) is 6.77. The summed E-state index contributed by atoms with van der Waals surface area (Å²) < 4.78 is 4.99. The van der Waals surface area contributed by atoms with Crippen molar-refractivity contribution in [3.05, 3.63) is 34.2 Å². The number of nitrogens with zero attached hydrogens (tertiary/aromatic N) is 1. The number of hydrogen-bond acceptors (Lipinski definition) is 4. The van der Waals surface area contributed by atoms with Crippen molar-refractivity contribution in [3.63, 3.8) is 0 Å². The van der Waals surface area contributed by atoms with Gasteiger partial charge in [-0.05, 0) is 31.9 Å². The molecule has 1 fully saturated rings. The summed E-state index contributed by atoms with van der Waals surface area (Å²) in [7, 11) is 0. The Balaban J connectivity index is 2.09. The number of carbonyl (C=O) groups excluding carboxylic acids is 2. The van der Waals surface area contributed by atoms with Crippen molar-refractivity contribution in [3.8, 4) is 0 Å². The Morgan fingerprint density at radius 3 is 3.00 bits per heavy atom. The molecule has 0 aromatic carbocycles.